The molecule has 0 atom stereocenters. The Bertz CT molecular complexity index is 1000. The predicted octanol–water partition coefficient (Wildman–Crippen LogP) is 6.75. The molecular formula is C19H14Cl2F3N3S. The van der Waals surface area contributed by atoms with Gasteiger partial charge in [0, 0.05) is 17.9 Å². The number of benzene rings is 2. The van der Waals surface area contributed by atoms with Crippen molar-refractivity contribution in [3.05, 3.63) is 76.3 Å². The maximum Gasteiger partial charge on any atom is 0.416 e. The quantitative estimate of drug-likeness (QED) is 0.311. The number of alkyl halides is 3. The Kier molecular flexibility index (Phi) is 6.37. The topological polar surface area (TPSA) is 30.7 Å². The van der Waals surface area contributed by atoms with E-state index in [2.05, 4.69) is 16.8 Å². The molecule has 146 valence electrons. The normalized spacial score (nSPS) is 11.6. The second-order valence-electron chi connectivity index (χ2n) is 5.82. The van der Waals surface area contributed by atoms with Crippen molar-refractivity contribution in [2.75, 3.05) is 0 Å². The highest BCUT2D eigenvalue weighted by Crippen LogP contribution is 2.33. The molecule has 0 bridgehead atoms. The van der Waals surface area contributed by atoms with Crippen LogP contribution in [-0.2, 0) is 18.5 Å². The third kappa shape index (κ3) is 4.71. The van der Waals surface area contributed by atoms with Gasteiger partial charge in [0.25, 0.3) is 0 Å². The highest BCUT2D eigenvalue weighted by molar-refractivity contribution is 7.98. The van der Waals surface area contributed by atoms with E-state index in [1.54, 1.807) is 30.3 Å². The Balaban J connectivity index is 1.86. The molecule has 0 aliphatic rings. The van der Waals surface area contributed by atoms with Crippen molar-refractivity contribution in [1.29, 1.82) is 0 Å². The summed E-state index contributed by atoms with van der Waals surface area (Å²) in [6, 6.07) is 10.4. The van der Waals surface area contributed by atoms with Crippen molar-refractivity contribution in [2.45, 2.75) is 23.6 Å². The molecule has 3 rings (SSSR count). The van der Waals surface area contributed by atoms with Crippen LogP contribution >= 0.6 is 35.0 Å². The molecule has 3 aromatic rings. The number of aromatic nitrogens is 3. The summed E-state index contributed by atoms with van der Waals surface area (Å²) in [7, 11) is 0. The van der Waals surface area contributed by atoms with E-state index in [-0.39, 0.29) is 0 Å². The van der Waals surface area contributed by atoms with Gasteiger partial charge in [-0.3, -0.25) is 4.57 Å². The maximum absolute atomic E-state index is 12.9. The Morgan fingerprint density at radius 2 is 1.86 bits per heavy atom. The van der Waals surface area contributed by atoms with Crippen LogP contribution in [0.3, 0.4) is 0 Å². The van der Waals surface area contributed by atoms with Crippen LogP contribution in [0.15, 0.2) is 60.3 Å². The van der Waals surface area contributed by atoms with Gasteiger partial charge in [-0.25, -0.2) is 0 Å². The van der Waals surface area contributed by atoms with Crippen LogP contribution in [0.1, 0.15) is 11.1 Å². The van der Waals surface area contributed by atoms with Crippen molar-refractivity contribution in [3.63, 3.8) is 0 Å². The van der Waals surface area contributed by atoms with Gasteiger partial charge in [-0.1, -0.05) is 59.2 Å². The van der Waals surface area contributed by atoms with E-state index >= 15 is 0 Å². The lowest BCUT2D eigenvalue weighted by Gasteiger charge is -2.10. The van der Waals surface area contributed by atoms with Gasteiger partial charge in [0.2, 0.25) is 0 Å². The van der Waals surface area contributed by atoms with Crippen LogP contribution in [0.5, 0.6) is 0 Å². The number of thioether (sulfide) groups is 1. The highest BCUT2D eigenvalue weighted by Gasteiger charge is 2.30. The van der Waals surface area contributed by atoms with E-state index in [4.69, 9.17) is 23.2 Å². The summed E-state index contributed by atoms with van der Waals surface area (Å²) in [5, 5.41) is 9.78. The summed E-state index contributed by atoms with van der Waals surface area (Å²) in [6.45, 7) is 4.18. The molecule has 1 heterocycles. The Morgan fingerprint density at radius 1 is 1.07 bits per heavy atom. The number of allylic oxidation sites excluding steroid dienone is 1. The van der Waals surface area contributed by atoms with Gasteiger partial charge in [0.1, 0.15) is 0 Å². The first kappa shape index (κ1) is 20.8. The van der Waals surface area contributed by atoms with Gasteiger partial charge in [-0.15, -0.1) is 16.8 Å². The Morgan fingerprint density at radius 3 is 2.54 bits per heavy atom. The standard InChI is InChI=1S/C19H14Cl2F3N3S/c1-2-8-27-17(13-6-7-15(20)16(21)10-13)25-26-18(27)28-11-12-4-3-5-14(9-12)19(22,23)24/h2-7,9-10H,1,8,11H2. The molecule has 0 fully saturated rings. The molecule has 0 aliphatic carbocycles. The third-order valence-electron chi connectivity index (χ3n) is 3.83. The molecule has 28 heavy (non-hydrogen) atoms. The van der Waals surface area contributed by atoms with Gasteiger partial charge >= 0.3 is 6.18 Å². The number of nitrogens with zero attached hydrogens (tertiary/aromatic N) is 3. The number of halogens is 5. The highest BCUT2D eigenvalue weighted by atomic mass is 35.5. The minimum Gasteiger partial charge on any atom is -0.298 e. The lowest BCUT2D eigenvalue weighted by Crippen LogP contribution is -2.05. The van der Waals surface area contributed by atoms with Crippen LogP contribution in [0.4, 0.5) is 13.2 Å². The Hall–Kier alpha value is -1.96. The molecule has 1 aromatic heterocycles. The molecule has 2 aromatic carbocycles. The average molecular weight is 444 g/mol. The first-order valence-electron chi connectivity index (χ1n) is 8.08. The van der Waals surface area contributed by atoms with Crippen LogP contribution in [0, 0.1) is 0 Å². The smallest absolute Gasteiger partial charge is 0.298 e. The van der Waals surface area contributed by atoms with Crippen molar-refractivity contribution in [3.8, 4) is 11.4 Å². The van der Waals surface area contributed by atoms with Gasteiger partial charge in [-0.2, -0.15) is 13.2 Å². The monoisotopic (exact) mass is 443 g/mol. The summed E-state index contributed by atoms with van der Waals surface area (Å²) in [5.74, 6) is 0.894. The SMILES string of the molecule is C=CCn1c(SCc2cccc(C(F)(F)F)c2)nnc1-c1ccc(Cl)c(Cl)c1. The fourth-order valence-electron chi connectivity index (χ4n) is 2.52. The van der Waals surface area contributed by atoms with E-state index in [9.17, 15) is 13.2 Å². The van der Waals surface area contributed by atoms with Gasteiger partial charge in [0.05, 0.1) is 15.6 Å². The molecule has 0 amide bonds. The molecule has 0 radical (unpaired) electrons. The summed E-state index contributed by atoms with van der Waals surface area (Å²) in [6.07, 6.45) is -2.68. The van der Waals surface area contributed by atoms with E-state index in [0.29, 0.717) is 38.9 Å². The lowest BCUT2D eigenvalue weighted by molar-refractivity contribution is -0.137. The van der Waals surface area contributed by atoms with Crippen molar-refractivity contribution in [2.24, 2.45) is 0 Å². The molecule has 0 saturated heterocycles. The minimum absolute atomic E-state index is 0.320. The van der Waals surface area contributed by atoms with Gasteiger partial charge < -0.3 is 0 Å². The first-order valence-corrected chi connectivity index (χ1v) is 9.82. The summed E-state index contributed by atoms with van der Waals surface area (Å²) in [5.41, 5.74) is 0.605. The number of rotatable bonds is 6. The fourth-order valence-corrected chi connectivity index (χ4v) is 3.71. The lowest BCUT2D eigenvalue weighted by atomic mass is 10.1. The number of hydrogen-bond donors (Lipinski definition) is 0. The molecule has 0 N–H and O–H groups in total. The van der Waals surface area contributed by atoms with Crippen LogP contribution in [0.25, 0.3) is 11.4 Å². The second kappa shape index (κ2) is 8.59. The third-order valence-corrected chi connectivity index (χ3v) is 5.61. The zero-order valence-electron chi connectivity index (χ0n) is 14.4. The zero-order chi connectivity index (χ0) is 20.3. The average Bonchev–Trinajstić information content (AvgIpc) is 3.05. The molecule has 0 unspecified atom stereocenters. The van der Waals surface area contributed by atoms with E-state index in [1.165, 1.54) is 17.8 Å². The largest absolute Gasteiger partial charge is 0.416 e. The molecular weight excluding hydrogens is 430 g/mol. The van der Waals surface area contributed by atoms with Crippen LogP contribution < -0.4 is 0 Å². The second-order valence-corrected chi connectivity index (χ2v) is 7.58. The van der Waals surface area contributed by atoms with Gasteiger partial charge in [0.15, 0.2) is 11.0 Å². The molecule has 0 spiro atoms. The minimum atomic E-state index is -4.37. The number of hydrogen-bond acceptors (Lipinski definition) is 3. The summed E-state index contributed by atoms with van der Waals surface area (Å²) >= 11 is 13.3. The van der Waals surface area contributed by atoms with E-state index in [0.717, 1.165) is 17.7 Å². The van der Waals surface area contributed by atoms with Crippen LogP contribution in [-0.4, -0.2) is 14.8 Å². The van der Waals surface area contributed by atoms with E-state index < -0.39 is 11.7 Å². The Labute approximate surface area is 174 Å². The van der Waals surface area contributed by atoms with Crippen molar-refractivity contribution in [1.82, 2.24) is 14.8 Å². The maximum atomic E-state index is 12.9. The fraction of sp³-hybridized carbons (Fsp3) is 0.158. The zero-order valence-corrected chi connectivity index (χ0v) is 16.7. The van der Waals surface area contributed by atoms with Crippen LogP contribution in [0.2, 0.25) is 10.0 Å². The molecule has 0 aliphatic heterocycles. The molecule has 3 nitrogen and oxygen atoms in total. The summed E-state index contributed by atoms with van der Waals surface area (Å²) < 4.78 is 40.5. The van der Waals surface area contributed by atoms with E-state index in [1.807, 2.05) is 4.57 Å². The van der Waals surface area contributed by atoms with Crippen molar-refractivity contribution >= 4 is 35.0 Å². The first-order chi connectivity index (χ1) is 13.3. The molecule has 9 heteroatoms. The molecule has 0 saturated carbocycles. The van der Waals surface area contributed by atoms with Gasteiger partial charge in [-0.05, 0) is 29.8 Å². The van der Waals surface area contributed by atoms with Crippen molar-refractivity contribution < 1.29 is 13.2 Å². The summed E-state index contributed by atoms with van der Waals surface area (Å²) in [4.78, 5) is 0. The predicted molar refractivity (Wildman–Crippen MR) is 107 cm³/mol.